The first kappa shape index (κ1) is 29.7. The maximum absolute atomic E-state index is 11.8. The molecule has 0 spiro atoms. The van der Waals surface area contributed by atoms with Crippen LogP contribution in [-0.2, 0) is 32.7 Å². The fraction of sp³-hybridized carbons (Fsp3) is 0.647. The van der Waals surface area contributed by atoms with E-state index in [-0.39, 0.29) is 62.2 Å². The molecule has 156 valence electrons. The summed E-state index contributed by atoms with van der Waals surface area (Å²) in [4.78, 5) is 35.0. The zero-order valence-corrected chi connectivity index (χ0v) is 19.7. The van der Waals surface area contributed by atoms with Gasteiger partial charge in [0.05, 0.1) is 26.1 Å². The summed E-state index contributed by atoms with van der Waals surface area (Å²) in [5, 5.41) is 0. The Bertz CT molecular complexity index is 541. The molecule has 0 radical (unpaired) electrons. The zero-order valence-electron chi connectivity index (χ0n) is 16.8. The van der Waals surface area contributed by atoms with Crippen molar-refractivity contribution in [1.82, 2.24) is 0 Å². The van der Waals surface area contributed by atoms with Gasteiger partial charge in [-0.15, -0.1) is 0 Å². The maximum atomic E-state index is 11.8. The molecule has 0 aliphatic carbocycles. The Balaban J connectivity index is 0. The molecule has 0 bridgehead atoms. The molecule has 0 rings (SSSR count). The van der Waals surface area contributed by atoms with Crippen LogP contribution in [0.4, 0.5) is 0 Å². The molecule has 0 aliphatic rings. The number of rotatable bonds is 15. The van der Waals surface area contributed by atoms with E-state index >= 15 is 0 Å². The first-order chi connectivity index (χ1) is 12.8. The Morgan fingerprint density at radius 2 is 1.57 bits per heavy atom. The van der Waals surface area contributed by atoms with E-state index in [1.807, 2.05) is 19.9 Å². The molecule has 0 aliphatic heterocycles. The van der Waals surface area contributed by atoms with E-state index in [1.54, 1.807) is 18.2 Å². The molecule has 0 fully saturated rings. The minimum atomic E-state index is -4.59. The van der Waals surface area contributed by atoms with Crippen molar-refractivity contribution in [2.45, 2.75) is 45.6 Å². The fourth-order valence-corrected chi connectivity index (χ4v) is 2.42. The third kappa shape index (κ3) is 17.6. The minimum Gasteiger partial charge on any atom is -0.756 e. The van der Waals surface area contributed by atoms with Crippen LogP contribution in [-0.4, -0.2) is 44.4 Å². The number of phosphoric ester groups is 1. The number of carbonyl (C=O) groups is 2. The third-order valence-corrected chi connectivity index (χ3v) is 3.85. The Labute approximate surface area is 188 Å². The first-order valence-corrected chi connectivity index (χ1v) is 10.3. The molecule has 0 heterocycles. The molecule has 0 aromatic heterocycles. The van der Waals surface area contributed by atoms with Gasteiger partial charge in [0.2, 0.25) is 0 Å². The average molecular weight is 429 g/mol. The molecule has 0 saturated heterocycles. The topological polar surface area (TPSA) is 137 Å². The average Bonchev–Trinajstić information content (AvgIpc) is 2.63. The van der Waals surface area contributed by atoms with Gasteiger partial charge in [-0.1, -0.05) is 38.2 Å². The van der Waals surface area contributed by atoms with Crippen molar-refractivity contribution in [2.24, 2.45) is 5.73 Å². The molecule has 0 amide bonds. The summed E-state index contributed by atoms with van der Waals surface area (Å²) in [5.41, 5.74) is 5.17. The van der Waals surface area contributed by atoms with Gasteiger partial charge in [0.15, 0.2) is 6.10 Å². The van der Waals surface area contributed by atoms with E-state index in [4.69, 9.17) is 15.2 Å². The van der Waals surface area contributed by atoms with Gasteiger partial charge in [0, 0.05) is 6.54 Å². The standard InChI is InChI=1S/C17H30NO8P.Na/c1-3-5-7-9-16(19)23-13-15(26-17(20)10-8-6-4-2)14-25-27(21,22)24-12-11-18;/h5-8,15H,3-4,9-14,18H2,1-2H3,(H,21,22);/q;+1/p-1/b7-5-,8-6-;. The van der Waals surface area contributed by atoms with Crippen molar-refractivity contribution in [2.75, 3.05) is 26.4 Å². The number of hydrogen-bond donors (Lipinski definition) is 1. The van der Waals surface area contributed by atoms with Gasteiger partial charge in [-0.05, 0) is 12.8 Å². The van der Waals surface area contributed by atoms with Gasteiger partial charge < -0.3 is 29.1 Å². The van der Waals surface area contributed by atoms with Crippen molar-refractivity contribution in [1.29, 1.82) is 0 Å². The van der Waals surface area contributed by atoms with Gasteiger partial charge in [0.25, 0.3) is 7.82 Å². The van der Waals surface area contributed by atoms with Gasteiger partial charge in [-0.3, -0.25) is 14.2 Å². The van der Waals surface area contributed by atoms with Crippen molar-refractivity contribution >= 4 is 19.8 Å². The molecular weight excluding hydrogens is 400 g/mol. The molecule has 28 heavy (non-hydrogen) atoms. The molecule has 2 atom stereocenters. The molecular formula is C17H29NNaO8P. The molecule has 0 aromatic rings. The first-order valence-electron chi connectivity index (χ1n) is 8.79. The van der Waals surface area contributed by atoms with Crippen LogP contribution in [0.25, 0.3) is 0 Å². The summed E-state index contributed by atoms with van der Waals surface area (Å²) in [6.45, 7) is 2.74. The Kier molecular flexibility index (Phi) is 19.6. The predicted molar refractivity (Wildman–Crippen MR) is 97.5 cm³/mol. The number of esters is 2. The number of nitrogens with two attached hydrogens (primary N) is 1. The summed E-state index contributed by atoms with van der Waals surface area (Å²) >= 11 is 0. The van der Waals surface area contributed by atoms with Crippen molar-refractivity contribution in [3.8, 4) is 0 Å². The summed E-state index contributed by atoms with van der Waals surface area (Å²) in [6.07, 6.45) is 7.42. The molecule has 2 unspecified atom stereocenters. The van der Waals surface area contributed by atoms with Crippen LogP contribution < -0.4 is 40.2 Å². The van der Waals surface area contributed by atoms with Crippen LogP contribution in [0.2, 0.25) is 0 Å². The minimum absolute atomic E-state index is 0. The number of ether oxygens (including phenoxy) is 2. The van der Waals surface area contributed by atoms with Crippen molar-refractivity contribution in [3.63, 3.8) is 0 Å². The van der Waals surface area contributed by atoms with Gasteiger partial charge in [-0.25, -0.2) is 0 Å². The van der Waals surface area contributed by atoms with E-state index < -0.39 is 32.5 Å². The molecule has 11 heteroatoms. The summed E-state index contributed by atoms with van der Waals surface area (Å²) in [6, 6.07) is 0. The van der Waals surface area contributed by atoms with Crippen LogP contribution in [0.3, 0.4) is 0 Å². The SMILES string of the molecule is CC/C=C\CC(=O)OCC(COP(=O)([O-])OCCN)OC(=O)C/C=C\CC.[Na+]. The van der Waals surface area contributed by atoms with E-state index in [1.165, 1.54) is 0 Å². The van der Waals surface area contributed by atoms with E-state index in [2.05, 4.69) is 9.05 Å². The van der Waals surface area contributed by atoms with Gasteiger partial charge in [-0.2, -0.15) is 0 Å². The quantitative estimate of drug-likeness (QED) is 0.144. The second-order valence-electron chi connectivity index (χ2n) is 5.33. The number of allylic oxidation sites excluding steroid dienone is 2. The molecule has 0 aromatic carbocycles. The largest absolute Gasteiger partial charge is 1.00 e. The second kappa shape index (κ2) is 18.5. The van der Waals surface area contributed by atoms with E-state index in [9.17, 15) is 19.0 Å². The Morgan fingerprint density at radius 1 is 1.00 bits per heavy atom. The predicted octanol–water partition coefficient (Wildman–Crippen LogP) is -1.38. The number of hydrogen-bond acceptors (Lipinski definition) is 9. The normalized spacial score (nSPS) is 14.4. The molecule has 2 N–H and O–H groups in total. The Hall–Kier alpha value is -0.510. The summed E-state index contributed by atoms with van der Waals surface area (Å²) in [5.74, 6) is -1.13. The summed E-state index contributed by atoms with van der Waals surface area (Å²) in [7, 11) is -4.59. The monoisotopic (exact) mass is 429 g/mol. The van der Waals surface area contributed by atoms with E-state index in [0.29, 0.717) is 0 Å². The second-order valence-corrected chi connectivity index (χ2v) is 6.74. The molecule has 9 nitrogen and oxygen atoms in total. The zero-order chi connectivity index (χ0) is 20.5. The summed E-state index contributed by atoms with van der Waals surface area (Å²) < 4.78 is 30.9. The number of phosphoric acid groups is 1. The van der Waals surface area contributed by atoms with Crippen LogP contribution >= 0.6 is 7.82 Å². The van der Waals surface area contributed by atoms with Crippen LogP contribution in [0.1, 0.15) is 39.5 Å². The number of carbonyl (C=O) groups excluding carboxylic acids is 2. The van der Waals surface area contributed by atoms with Crippen LogP contribution in [0.5, 0.6) is 0 Å². The molecule has 0 saturated carbocycles. The smallest absolute Gasteiger partial charge is 0.756 e. The van der Waals surface area contributed by atoms with Gasteiger partial charge >= 0.3 is 41.5 Å². The van der Waals surface area contributed by atoms with Crippen LogP contribution in [0.15, 0.2) is 24.3 Å². The third-order valence-electron chi connectivity index (χ3n) is 2.89. The van der Waals surface area contributed by atoms with Crippen LogP contribution in [0, 0.1) is 0 Å². The van der Waals surface area contributed by atoms with Crippen molar-refractivity contribution in [3.05, 3.63) is 24.3 Å². The fourth-order valence-electron chi connectivity index (χ4n) is 1.66. The van der Waals surface area contributed by atoms with Gasteiger partial charge in [0.1, 0.15) is 6.61 Å². The maximum Gasteiger partial charge on any atom is 1.00 e. The Morgan fingerprint density at radius 3 is 2.11 bits per heavy atom. The van der Waals surface area contributed by atoms with Crippen molar-refractivity contribution < 1.29 is 67.1 Å². The van der Waals surface area contributed by atoms with E-state index in [0.717, 1.165) is 12.8 Å².